The minimum atomic E-state index is 0.869. The Bertz CT molecular complexity index is 803. The van der Waals surface area contributed by atoms with Crippen molar-refractivity contribution in [1.29, 1.82) is 0 Å². The molecule has 4 aromatic carbocycles. The lowest BCUT2D eigenvalue weighted by atomic mass is 10.3. The molecule has 0 amide bonds. The molecule has 148 valence electrons. The molecule has 3 nitrogen and oxygen atoms in total. The Labute approximate surface area is 173 Å². The van der Waals surface area contributed by atoms with Gasteiger partial charge in [-0.15, -0.1) is 0 Å². The molecule has 0 spiro atoms. The Morgan fingerprint density at radius 1 is 0.345 bits per heavy atom. The Morgan fingerprint density at radius 3 is 0.793 bits per heavy atom. The van der Waals surface area contributed by atoms with E-state index in [-0.39, 0.29) is 0 Å². The van der Waals surface area contributed by atoms with Crippen molar-refractivity contribution in [3.8, 4) is 23.0 Å². The average molecular weight is 386 g/mol. The van der Waals surface area contributed by atoms with Gasteiger partial charge in [-0.25, -0.2) is 0 Å². The van der Waals surface area contributed by atoms with Crippen molar-refractivity contribution in [3.05, 3.63) is 121 Å². The standard InChI is InChI=1S/C12H10O.2C7H8O/c1-3-7-11(8-4-1)13-12-9-5-2-6-10-12;2*1-8-7-5-3-2-4-6-7/h1-10H;2*2-6H,1H3. The minimum Gasteiger partial charge on any atom is -0.497 e. The van der Waals surface area contributed by atoms with Crippen molar-refractivity contribution in [2.75, 3.05) is 14.2 Å². The summed E-state index contributed by atoms with van der Waals surface area (Å²) in [5, 5.41) is 0. The molecule has 0 aromatic heterocycles. The Morgan fingerprint density at radius 2 is 0.586 bits per heavy atom. The summed E-state index contributed by atoms with van der Waals surface area (Å²) in [4.78, 5) is 0. The highest BCUT2D eigenvalue weighted by molar-refractivity contribution is 5.30. The van der Waals surface area contributed by atoms with E-state index in [0.29, 0.717) is 0 Å². The fraction of sp³-hybridized carbons (Fsp3) is 0.0769. The third kappa shape index (κ3) is 9.16. The highest BCUT2D eigenvalue weighted by Crippen LogP contribution is 2.19. The summed E-state index contributed by atoms with van der Waals surface area (Å²) in [6, 6.07) is 38.9. The number of rotatable bonds is 4. The summed E-state index contributed by atoms with van der Waals surface area (Å²) < 4.78 is 15.4. The quantitative estimate of drug-likeness (QED) is 0.383. The van der Waals surface area contributed by atoms with Crippen LogP contribution in [0.4, 0.5) is 0 Å². The summed E-state index contributed by atoms with van der Waals surface area (Å²) in [5.41, 5.74) is 0. The fourth-order valence-electron chi connectivity index (χ4n) is 2.23. The van der Waals surface area contributed by atoms with Gasteiger partial charge in [0.1, 0.15) is 23.0 Å². The molecule has 0 aliphatic carbocycles. The summed E-state index contributed by atoms with van der Waals surface area (Å²) in [6.45, 7) is 0. The molecule has 0 atom stereocenters. The van der Waals surface area contributed by atoms with Gasteiger partial charge in [0.05, 0.1) is 14.2 Å². The predicted molar refractivity (Wildman–Crippen MR) is 119 cm³/mol. The van der Waals surface area contributed by atoms with Crippen LogP contribution >= 0.6 is 0 Å². The van der Waals surface area contributed by atoms with Gasteiger partial charge in [-0.2, -0.15) is 0 Å². The zero-order valence-electron chi connectivity index (χ0n) is 16.8. The average Bonchev–Trinajstić information content (AvgIpc) is 2.82. The van der Waals surface area contributed by atoms with Crippen LogP contribution in [0.3, 0.4) is 0 Å². The molecule has 0 fully saturated rings. The Balaban J connectivity index is 0.000000164. The largest absolute Gasteiger partial charge is 0.497 e. The van der Waals surface area contributed by atoms with Crippen molar-refractivity contribution in [2.45, 2.75) is 0 Å². The van der Waals surface area contributed by atoms with E-state index < -0.39 is 0 Å². The van der Waals surface area contributed by atoms with Crippen LogP contribution in [-0.2, 0) is 0 Å². The summed E-state index contributed by atoms with van der Waals surface area (Å²) >= 11 is 0. The van der Waals surface area contributed by atoms with Gasteiger partial charge in [0.25, 0.3) is 0 Å². The molecule has 29 heavy (non-hydrogen) atoms. The highest BCUT2D eigenvalue weighted by atomic mass is 16.5. The van der Waals surface area contributed by atoms with Gasteiger partial charge in [0.15, 0.2) is 0 Å². The molecular weight excluding hydrogens is 360 g/mol. The summed E-state index contributed by atoms with van der Waals surface area (Å²) in [7, 11) is 3.32. The Hall–Kier alpha value is -3.72. The monoisotopic (exact) mass is 386 g/mol. The van der Waals surface area contributed by atoms with Gasteiger partial charge >= 0.3 is 0 Å². The maximum atomic E-state index is 5.58. The van der Waals surface area contributed by atoms with E-state index in [1.54, 1.807) is 14.2 Å². The van der Waals surface area contributed by atoms with Gasteiger partial charge in [-0.05, 0) is 48.5 Å². The van der Waals surface area contributed by atoms with Crippen LogP contribution in [0.5, 0.6) is 23.0 Å². The van der Waals surface area contributed by atoms with E-state index in [2.05, 4.69) is 0 Å². The molecule has 0 saturated carbocycles. The lowest BCUT2D eigenvalue weighted by Crippen LogP contribution is -1.81. The fourth-order valence-corrected chi connectivity index (χ4v) is 2.23. The number of methoxy groups -OCH3 is 2. The lowest BCUT2D eigenvalue weighted by Gasteiger charge is -2.03. The molecule has 3 heteroatoms. The summed E-state index contributed by atoms with van der Waals surface area (Å²) in [6.07, 6.45) is 0. The van der Waals surface area contributed by atoms with Crippen LogP contribution in [0.15, 0.2) is 121 Å². The van der Waals surface area contributed by atoms with Crippen LogP contribution in [0.1, 0.15) is 0 Å². The third-order valence-electron chi connectivity index (χ3n) is 3.68. The number of hydrogen-bond acceptors (Lipinski definition) is 3. The second-order valence-electron chi connectivity index (χ2n) is 5.76. The molecule has 0 N–H and O–H groups in total. The minimum absolute atomic E-state index is 0.869. The molecule has 0 saturated heterocycles. The van der Waals surface area contributed by atoms with Crippen molar-refractivity contribution < 1.29 is 14.2 Å². The molecule has 0 heterocycles. The van der Waals surface area contributed by atoms with E-state index in [9.17, 15) is 0 Å². The second-order valence-corrected chi connectivity index (χ2v) is 5.76. The number of ether oxygens (including phenoxy) is 3. The first-order valence-corrected chi connectivity index (χ1v) is 9.28. The lowest BCUT2D eigenvalue weighted by molar-refractivity contribution is 0.414. The third-order valence-corrected chi connectivity index (χ3v) is 3.68. The van der Waals surface area contributed by atoms with Crippen LogP contribution in [0.25, 0.3) is 0 Å². The van der Waals surface area contributed by atoms with E-state index >= 15 is 0 Å². The first-order valence-electron chi connectivity index (χ1n) is 9.28. The first-order chi connectivity index (χ1) is 14.3. The smallest absolute Gasteiger partial charge is 0.127 e. The van der Waals surface area contributed by atoms with E-state index in [4.69, 9.17) is 14.2 Å². The van der Waals surface area contributed by atoms with E-state index in [1.807, 2.05) is 121 Å². The van der Waals surface area contributed by atoms with Gasteiger partial charge in [0, 0.05) is 0 Å². The first kappa shape index (κ1) is 21.6. The molecule has 0 unspecified atom stereocenters. The zero-order chi connectivity index (χ0) is 20.6. The van der Waals surface area contributed by atoms with Gasteiger partial charge in [-0.1, -0.05) is 72.8 Å². The molecule has 4 rings (SSSR count). The maximum Gasteiger partial charge on any atom is 0.127 e. The van der Waals surface area contributed by atoms with Gasteiger partial charge in [-0.3, -0.25) is 0 Å². The maximum absolute atomic E-state index is 5.58. The molecule has 0 aliphatic rings. The number of hydrogen-bond donors (Lipinski definition) is 0. The van der Waals surface area contributed by atoms with Crippen molar-refractivity contribution in [2.24, 2.45) is 0 Å². The number of para-hydroxylation sites is 4. The van der Waals surface area contributed by atoms with Crippen molar-refractivity contribution in [3.63, 3.8) is 0 Å². The van der Waals surface area contributed by atoms with E-state index in [0.717, 1.165) is 23.0 Å². The van der Waals surface area contributed by atoms with Crippen LogP contribution in [0.2, 0.25) is 0 Å². The molecular formula is C26H26O3. The van der Waals surface area contributed by atoms with Crippen LogP contribution in [-0.4, -0.2) is 14.2 Å². The zero-order valence-corrected chi connectivity index (χ0v) is 16.8. The normalized spacial score (nSPS) is 9.03. The highest BCUT2D eigenvalue weighted by Gasteiger charge is 1.92. The second kappa shape index (κ2) is 13.4. The van der Waals surface area contributed by atoms with Crippen molar-refractivity contribution >= 4 is 0 Å². The van der Waals surface area contributed by atoms with Crippen LogP contribution < -0.4 is 14.2 Å². The van der Waals surface area contributed by atoms with Crippen LogP contribution in [0, 0.1) is 0 Å². The predicted octanol–water partition coefficient (Wildman–Crippen LogP) is 6.87. The van der Waals surface area contributed by atoms with Gasteiger partial charge < -0.3 is 14.2 Å². The molecule has 4 aromatic rings. The molecule has 0 aliphatic heterocycles. The Kier molecular flexibility index (Phi) is 10.0. The molecule has 0 radical (unpaired) electrons. The SMILES string of the molecule is COc1ccccc1.COc1ccccc1.c1ccc(Oc2ccccc2)cc1. The van der Waals surface area contributed by atoms with Gasteiger partial charge in [0.2, 0.25) is 0 Å². The number of benzene rings is 4. The van der Waals surface area contributed by atoms with E-state index in [1.165, 1.54) is 0 Å². The molecule has 0 bridgehead atoms. The van der Waals surface area contributed by atoms with Crippen molar-refractivity contribution in [1.82, 2.24) is 0 Å². The summed E-state index contributed by atoms with van der Waals surface area (Å²) in [5.74, 6) is 3.56. The topological polar surface area (TPSA) is 27.7 Å².